The van der Waals surface area contributed by atoms with Crippen LogP contribution >= 0.6 is 0 Å². The molecular formula is C14H21N3O2. The number of nitrogens with two attached hydrogens (primary N) is 1. The molecule has 2 aromatic rings. The minimum absolute atomic E-state index is 0.342. The van der Waals surface area contributed by atoms with Crippen molar-refractivity contribution in [2.75, 3.05) is 13.6 Å². The van der Waals surface area contributed by atoms with Gasteiger partial charge < -0.3 is 10.2 Å². The van der Waals surface area contributed by atoms with Gasteiger partial charge in [0, 0.05) is 19.1 Å². The van der Waals surface area contributed by atoms with Gasteiger partial charge in [0.15, 0.2) is 5.58 Å². The van der Waals surface area contributed by atoms with E-state index in [9.17, 15) is 4.79 Å². The first-order valence-corrected chi connectivity index (χ1v) is 6.53. The first-order valence-electron chi connectivity index (χ1n) is 6.53. The number of H-pyrrole nitrogens is 1. The van der Waals surface area contributed by atoms with Crippen molar-refractivity contribution in [3.05, 3.63) is 34.3 Å². The average molecular weight is 263 g/mol. The number of likely N-dealkylation sites (N-methyl/N-ethyl adjacent to an activating group) is 1. The van der Waals surface area contributed by atoms with Crippen LogP contribution in [0.1, 0.15) is 19.4 Å². The molecule has 0 aliphatic heterocycles. The lowest BCUT2D eigenvalue weighted by atomic mass is 10.0. The van der Waals surface area contributed by atoms with Crippen molar-refractivity contribution in [3.63, 3.8) is 0 Å². The summed E-state index contributed by atoms with van der Waals surface area (Å²) in [6, 6.07) is 6.11. The molecule has 0 fully saturated rings. The van der Waals surface area contributed by atoms with E-state index in [1.807, 2.05) is 18.2 Å². The second-order valence-corrected chi connectivity index (χ2v) is 5.31. The van der Waals surface area contributed by atoms with E-state index in [4.69, 9.17) is 10.2 Å². The zero-order valence-electron chi connectivity index (χ0n) is 11.6. The number of oxazole rings is 1. The lowest BCUT2D eigenvalue weighted by Crippen LogP contribution is -2.41. The fourth-order valence-corrected chi connectivity index (χ4v) is 2.45. The minimum atomic E-state index is -0.414. The largest absolute Gasteiger partial charge is 0.417 e. The summed E-state index contributed by atoms with van der Waals surface area (Å²) in [5.74, 6) is 0.0893. The summed E-state index contributed by atoms with van der Waals surface area (Å²) in [5.41, 5.74) is 8.26. The van der Waals surface area contributed by atoms with Crippen molar-refractivity contribution in [3.8, 4) is 0 Å². The van der Waals surface area contributed by atoms with E-state index >= 15 is 0 Å². The minimum Gasteiger partial charge on any atom is -0.408 e. The van der Waals surface area contributed by atoms with Gasteiger partial charge in [-0.05, 0) is 30.7 Å². The molecule has 1 unspecified atom stereocenters. The fraction of sp³-hybridized carbons (Fsp3) is 0.500. The predicted molar refractivity (Wildman–Crippen MR) is 76.0 cm³/mol. The Kier molecular flexibility index (Phi) is 4.07. The number of benzene rings is 1. The van der Waals surface area contributed by atoms with E-state index in [0.717, 1.165) is 17.6 Å². The molecule has 3 N–H and O–H groups in total. The van der Waals surface area contributed by atoms with Gasteiger partial charge in [0.05, 0.1) is 5.52 Å². The summed E-state index contributed by atoms with van der Waals surface area (Å²) in [7, 11) is 2.06. The summed E-state index contributed by atoms with van der Waals surface area (Å²) in [6.07, 6.45) is 0. The van der Waals surface area contributed by atoms with E-state index in [0.29, 0.717) is 24.1 Å². The fourth-order valence-electron chi connectivity index (χ4n) is 2.45. The Morgan fingerprint density at radius 1 is 1.42 bits per heavy atom. The molecule has 1 aromatic carbocycles. The standard InChI is InChI=1S/C14H21N3O2/c1-9(2)12(7-15)17(3)8-10-4-5-11-13(6-10)19-14(18)16-11/h4-6,9,12H,7-8,15H2,1-3H3,(H,16,18). The number of nitrogens with zero attached hydrogens (tertiary/aromatic N) is 1. The molecular weight excluding hydrogens is 242 g/mol. The molecule has 0 spiro atoms. The maximum atomic E-state index is 11.1. The predicted octanol–water partition coefficient (Wildman–Crippen LogP) is 1.54. The number of rotatable bonds is 5. The number of aromatic nitrogens is 1. The number of aromatic amines is 1. The normalized spacial score (nSPS) is 13.6. The maximum Gasteiger partial charge on any atom is 0.417 e. The Balaban J connectivity index is 2.18. The van der Waals surface area contributed by atoms with Crippen LogP contribution in [0.2, 0.25) is 0 Å². The number of hydrogen-bond acceptors (Lipinski definition) is 4. The topological polar surface area (TPSA) is 75.3 Å². The summed E-state index contributed by atoms with van der Waals surface area (Å²) < 4.78 is 5.07. The van der Waals surface area contributed by atoms with Crippen LogP contribution in [0.25, 0.3) is 11.1 Å². The Bertz CT molecular complexity index is 600. The number of nitrogens with one attached hydrogen (secondary N) is 1. The van der Waals surface area contributed by atoms with Crippen LogP contribution in [0, 0.1) is 5.92 Å². The van der Waals surface area contributed by atoms with Gasteiger partial charge in [-0.3, -0.25) is 9.88 Å². The molecule has 5 heteroatoms. The number of fused-ring (bicyclic) bond motifs is 1. The molecule has 0 bridgehead atoms. The zero-order valence-corrected chi connectivity index (χ0v) is 11.6. The van der Waals surface area contributed by atoms with Crippen LogP contribution in [-0.4, -0.2) is 29.5 Å². The van der Waals surface area contributed by atoms with Crippen molar-refractivity contribution in [2.45, 2.75) is 26.4 Å². The lowest BCUT2D eigenvalue weighted by molar-refractivity contribution is 0.190. The Labute approximate surface area is 112 Å². The summed E-state index contributed by atoms with van der Waals surface area (Å²) in [4.78, 5) is 16.0. The highest BCUT2D eigenvalue weighted by atomic mass is 16.4. The van der Waals surface area contributed by atoms with Gasteiger partial charge in [-0.2, -0.15) is 0 Å². The van der Waals surface area contributed by atoms with Gasteiger partial charge in [0.1, 0.15) is 0 Å². The smallest absolute Gasteiger partial charge is 0.408 e. The zero-order chi connectivity index (χ0) is 14.0. The number of hydrogen-bond donors (Lipinski definition) is 2. The Morgan fingerprint density at radius 2 is 2.16 bits per heavy atom. The molecule has 0 radical (unpaired) electrons. The monoisotopic (exact) mass is 263 g/mol. The van der Waals surface area contributed by atoms with Crippen molar-refractivity contribution in [1.29, 1.82) is 0 Å². The van der Waals surface area contributed by atoms with E-state index in [-0.39, 0.29) is 0 Å². The maximum absolute atomic E-state index is 11.1. The van der Waals surface area contributed by atoms with Gasteiger partial charge in [0.2, 0.25) is 0 Å². The highest BCUT2D eigenvalue weighted by molar-refractivity contribution is 5.72. The first kappa shape index (κ1) is 13.8. The van der Waals surface area contributed by atoms with Crippen LogP contribution in [-0.2, 0) is 6.54 Å². The van der Waals surface area contributed by atoms with E-state index in [1.54, 1.807) is 0 Å². The van der Waals surface area contributed by atoms with Gasteiger partial charge in [-0.15, -0.1) is 0 Å². The van der Waals surface area contributed by atoms with Crippen LogP contribution in [0.15, 0.2) is 27.4 Å². The summed E-state index contributed by atoms with van der Waals surface area (Å²) in [5, 5.41) is 0. The molecule has 19 heavy (non-hydrogen) atoms. The highest BCUT2D eigenvalue weighted by Crippen LogP contribution is 2.16. The molecule has 104 valence electrons. The Hall–Kier alpha value is -1.59. The average Bonchev–Trinajstić information content (AvgIpc) is 2.68. The molecule has 2 rings (SSSR count). The molecule has 0 saturated heterocycles. The van der Waals surface area contributed by atoms with E-state index < -0.39 is 5.76 Å². The SMILES string of the molecule is CC(C)C(CN)N(C)Cc1ccc2[nH]c(=O)oc2c1. The van der Waals surface area contributed by atoms with Crippen LogP contribution in [0.5, 0.6) is 0 Å². The van der Waals surface area contributed by atoms with Gasteiger partial charge >= 0.3 is 5.76 Å². The third-order valence-corrected chi connectivity index (χ3v) is 3.49. The molecule has 5 nitrogen and oxygen atoms in total. The van der Waals surface area contributed by atoms with Gasteiger partial charge in [-0.1, -0.05) is 19.9 Å². The molecule has 1 aromatic heterocycles. The molecule has 0 aliphatic rings. The first-order chi connectivity index (χ1) is 9.01. The van der Waals surface area contributed by atoms with E-state index in [1.165, 1.54) is 0 Å². The van der Waals surface area contributed by atoms with Crippen molar-refractivity contribution < 1.29 is 4.42 Å². The van der Waals surface area contributed by atoms with Crippen molar-refractivity contribution >= 4 is 11.1 Å². The summed E-state index contributed by atoms with van der Waals surface area (Å²) in [6.45, 7) is 5.76. The Morgan fingerprint density at radius 3 is 2.79 bits per heavy atom. The molecule has 1 atom stereocenters. The summed E-state index contributed by atoms with van der Waals surface area (Å²) >= 11 is 0. The van der Waals surface area contributed by atoms with Gasteiger partial charge in [-0.25, -0.2) is 4.79 Å². The van der Waals surface area contributed by atoms with Crippen LogP contribution in [0.4, 0.5) is 0 Å². The highest BCUT2D eigenvalue weighted by Gasteiger charge is 2.17. The molecule has 0 aliphatic carbocycles. The second-order valence-electron chi connectivity index (χ2n) is 5.31. The molecule has 0 saturated carbocycles. The molecule has 0 amide bonds. The van der Waals surface area contributed by atoms with Gasteiger partial charge in [0.25, 0.3) is 0 Å². The lowest BCUT2D eigenvalue weighted by Gasteiger charge is -2.30. The van der Waals surface area contributed by atoms with Crippen molar-refractivity contribution in [2.24, 2.45) is 11.7 Å². The third kappa shape index (κ3) is 3.05. The van der Waals surface area contributed by atoms with E-state index in [2.05, 4.69) is 30.8 Å². The molecule has 1 heterocycles. The van der Waals surface area contributed by atoms with Crippen molar-refractivity contribution in [1.82, 2.24) is 9.88 Å². The van der Waals surface area contributed by atoms with Crippen LogP contribution < -0.4 is 11.5 Å². The third-order valence-electron chi connectivity index (χ3n) is 3.49. The van der Waals surface area contributed by atoms with Crippen LogP contribution in [0.3, 0.4) is 0 Å². The quantitative estimate of drug-likeness (QED) is 0.858. The second kappa shape index (κ2) is 5.59.